The first-order valence-corrected chi connectivity index (χ1v) is 0.610. The Bertz CT molecular complexity index is 39.4. The van der Waals surface area contributed by atoms with Gasteiger partial charge in [0.05, 0.1) is 0 Å². The minimum absolute atomic E-state index is 0. The van der Waals surface area contributed by atoms with Gasteiger partial charge in [0.25, 0.3) is 0 Å². The Kier molecular flexibility index (Phi) is 16.5. The summed E-state index contributed by atoms with van der Waals surface area (Å²) in [6.45, 7) is 0. The third-order valence-electron chi connectivity index (χ3n) is 0.0408. The van der Waals surface area contributed by atoms with Crippen molar-refractivity contribution in [3.05, 3.63) is 0 Å². The second-order valence-electron chi connectivity index (χ2n) is 0.183. The van der Waals surface area contributed by atoms with Crippen molar-refractivity contribution >= 4 is 51.4 Å². The molecule has 0 aliphatic heterocycles. The number of hydrogen-bond acceptors (Lipinski definition) is 3. The van der Waals surface area contributed by atoms with E-state index < -0.39 is 0 Å². The molecule has 0 aromatic heterocycles. The molecule has 0 aromatic rings. The molecule has 0 saturated heterocycles. The van der Waals surface area contributed by atoms with Crippen LogP contribution < -0.4 is 0 Å². The molecule has 0 saturated carbocycles. The van der Waals surface area contributed by atoms with Crippen LogP contribution in [0.1, 0.15) is 0 Å². The summed E-state index contributed by atoms with van der Waals surface area (Å²) in [6.07, 6.45) is 0.986. The monoisotopic (exact) mass is 99.0 g/mol. The summed E-state index contributed by atoms with van der Waals surface area (Å²) in [7, 11) is 0. The van der Waals surface area contributed by atoms with E-state index in [0.717, 1.165) is 6.26 Å². The molecule has 24 valence electrons. The van der Waals surface area contributed by atoms with Crippen LogP contribution in [0.2, 0.25) is 0 Å². The van der Waals surface area contributed by atoms with E-state index in [4.69, 9.17) is 10.5 Å². The van der Waals surface area contributed by atoms with Gasteiger partial charge in [-0.3, -0.25) is 4.89 Å². The fourth-order valence-corrected chi connectivity index (χ4v) is 0. The summed E-state index contributed by atoms with van der Waals surface area (Å²) in [5, 5.41) is 14.2. The Hall–Kier alpha value is 0.886. The summed E-state index contributed by atoms with van der Waals surface area (Å²) < 4.78 is 0. The number of rotatable bonds is 0. The first-order valence-electron chi connectivity index (χ1n) is 0.610. The van der Waals surface area contributed by atoms with Crippen LogP contribution in [0, 0.1) is 11.5 Å². The van der Waals surface area contributed by atoms with E-state index in [1.807, 2.05) is 0 Å². The molecule has 0 rings (SSSR count). The van der Waals surface area contributed by atoms with Crippen LogP contribution in [-0.4, -0.2) is 56.6 Å². The van der Waals surface area contributed by atoms with Crippen LogP contribution in [0.15, 0.2) is 0 Å². The molecule has 0 amide bonds. The standard InChI is InChI=1S/CHNO2.K.H/c2-1-4-3;;/h3H;;. The molecule has 0 unspecified atom stereocenters. The zero-order valence-electron chi connectivity index (χ0n) is 1.80. The Morgan fingerprint density at radius 1 is 1.80 bits per heavy atom. The SMILES string of the molecule is N#COO.[KH]. The van der Waals surface area contributed by atoms with Gasteiger partial charge in [0.1, 0.15) is 0 Å². The second kappa shape index (κ2) is 8.86. The first kappa shape index (κ1) is 9.31. The molecule has 4 heteroatoms. The average molecular weight is 99.1 g/mol. The number of hydrogen-bond donors (Lipinski definition) is 1. The Morgan fingerprint density at radius 3 is 2.00 bits per heavy atom. The molecule has 1 N–H and O–H groups in total. The van der Waals surface area contributed by atoms with Gasteiger partial charge in [-0.25, -0.2) is 0 Å². The summed E-state index contributed by atoms with van der Waals surface area (Å²) in [5.74, 6) is 0. The molecule has 0 heterocycles. The zero-order chi connectivity index (χ0) is 3.41. The zero-order valence-corrected chi connectivity index (χ0v) is 1.80. The van der Waals surface area contributed by atoms with Gasteiger partial charge in [-0.15, -0.1) is 5.26 Å². The van der Waals surface area contributed by atoms with Gasteiger partial charge in [-0.2, -0.15) is 5.26 Å². The van der Waals surface area contributed by atoms with E-state index in [2.05, 4.69) is 4.89 Å². The van der Waals surface area contributed by atoms with Gasteiger partial charge in [-0.1, -0.05) is 0 Å². The molecular formula is CH2KNO2. The van der Waals surface area contributed by atoms with E-state index >= 15 is 0 Å². The summed E-state index contributed by atoms with van der Waals surface area (Å²) >= 11 is 0. The Labute approximate surface area is 71.9 Å². The molecule has 0 aliphatic rings. The van der Waals surface area contributed by atoms with Crippen molar-refractivity contribution in [2.24, 2.45) is 0 Å². The Morgan fingerprint density at radius 2 is 2.00 bits per heavy atom. The molecule has 0 bridgehead atoms. The normalized spacial score (nSPS) is 3.20. The van der Waals surface area contributed by atoms with E-state index in [0.29, 0.717) is 0 Å². The number of nitrogens with zero attached hydrogens (tertiary/aromatic N) is 1. The molecule has 0 aliphatic carbocycles. The van der Waals surface area contributed by atoms with E-state index in [1.165, 1.54) is 0 Å². The summed E-state index contributed by atoms with van der Waals surface area (Å²) in [4.78, 5) is 2.85. The molecular weight excluding hydrogens is 97.1 g/mol. The fraction of sp³-hybridized carbons (Fsp3) is 0. The molecule has 0 spiro atoms. The van der Waals surface area contributed by atoms with Gasteiger partial charge >= 0.3 is 57.6 Å². The number of nitriles is 1. The first-order chi connectivity index (χ1) is 1.91. The second-order valence-corrected chi connectivity index (χ2v) is 0.183. The molecule has 5 heavy (non-hydrogen) atoms. The summed E-state index contributed by atoms with van der Waals surface area (Å²) in [6, 6.07) is 0. The van der Waals surface area contributed by atoms with Crippen LogP contribution in [0.3, 0.4) is 0 Å². The van der Waals surface area contributed by atoms with Crippen molar-refractivity contribution in [2.45, 2.75) is 0 Å². The van der Waals surface area contributed by atoms with Crippen LogP contribution in [-0.2, 0) is 4.89 Å². The third kappa shape index (κ3) is 11.4. The van der Waals surface area contributed by atoms with Crippen molar-refractivity contribution < 1.29 is 10.1 Å². The molecule has 0 radical (unpaired) electrons. The molecule has 0 aromatic carbocycles. The van der Waals surface area contributed by atoms with Crippen LogP contribution >= 0.6 is 0 Å². The van der Waals surface area contributed by atoms with Crippen molar-refractivity contribution in [2.75, 3.05) is 0 Å². The van der Waals surface area contributed by atoms with Gasteiger partial charge < -0.3 is 0 Å². The van der Waals surface area contributed by atoms with Crippen molar-refractivity contribution in [1.82, 2.24) is 0 Å². The molecule has 0 fully saturated rings. The topological polar surface area (TPSA) is 53.2 Å². The van der Waals surface area contributed by atoms with E-state index in [1.54, 1.807) is 0 Å². The maximum absolute atomic E-state index is 7.15. The van der Waals surface area contributed by atoms with Crippen LogP contribution in [0.25, 0.3) is 0 Å². The Balaban J connectivity index is 0. The predicted molar refractivity (Wildman–Crippen MR) is 16.5 cm³/mol. The van der Waals surface area contributed by atoms with Gasteiger partial charge in [0.15, 0.2) is 0 Å². The fourth-order valence-electron chi connectivity index (χ4n) is 0. The quantitative estimate of drug-likeness (QED) is 0.189. The van der Waals surface area contributed by atoms with Crippen molar-refractivity contribution in [1.29, 1.82) is 5.26 Å². The van der Waals surface area contributed by atoms with Gasteiger partial charge in [0.2, 0.25) is 0 Å². The van der Waals surface area contributed by atoms with Gasteiger partial charge in [0, 0.05) is 0 Å². The maximum atomic E-state index is 7.15. The summed E-state index contributed by atoms with van der Waals surface area (Å²) in [5.41, 5.74) is 0. The molecule has 3 nitrogen and oxygen atoms in total. The average Bonchev–Trinajstić information content (AvgIpc) is 1.37. The van der Waals surface area contributed by atoms with Crippen molar-refractivity contribution in [3.63, 3.8) is 0 Å². The van der Waals surface area contributed by atoms with Gasteiger partial charge in [-0.05, 0) is 0 Å². The predicted octanol–water partition coefficient (Wildman–Crippen LogP) is -0.691. The van der Waals surface area contributed by atoms with Crippen molar-refractivity contribution in [3.8, 4) is 6.26 Å². The molecule has 0 atom stereocenters. The van der Waals surface area contributed by atoms with E-state index in [-0.39, 0.29) is 51.4 Å². The minimum atomic E-state index is 0. The van der Waals surface area contributed by atoms with Crippen LogP contribution in [0.4, 0.5) is 0 Å². The van der Waals surface area contributed by atoms with E-state index in [9.17, 15) is 0 Å². The third-order valence-corrected chi connectivity index (χ3v) is 0.0408. The van der Waals surface area contributed by atoms with Crippen LogP contribution in [0.5, 0.6) is 0 Å².